The summed E-state index contributed by atoms with van der Waals surface area (Å²) in [5.74, 6) is 0.0665. The quantitative estimate of drug-likeness (QED) is 0.115. The predicted molar refractivity (Wildman–Crippen MR) is 173 cm³/mol. The van der Waals surface area contributed by atoms with Crippen molar-refractivity contribution >= 4 is 50.5 Å². The zero-order valence-corrected chi connectivity index (χ0v) is 26.7. The van der Waals surface area contributed by atoms with Crippen LogP contribution in [0, 0.1) is 10.1 Å². The lowest BCUT2D eigenvalue weighted by Gasteiger charge is -2.22. The van der Waals surface area contributed by atoms with Crippen LogP contribution >= 0.6 is 11.3 Å². The Kier molecular flexibility index (Phi) is 9.85. The van der Waals surface area contributed by atoms with Gasteiger partial charge in [-0.3, -0.25) is 15.4 Å². The Balaban J connectivity index is 1.60. The first kappa shape index (κ1) is 33.0. The molecule has 1 heterocycles. The van der Waals surface area contributed by atoms with Gasteiger partial charge in [-0.05, 0) is 83.1 Å². The Morgan fingerprint density at radius 2 is 1.60 bits per heavy atom. The summed E-state index contributed by atoms with van der Waals surface area (Å²) in [6.45, 7) is 8.86. The Labute approximate surface area is 264 Å². The molecule has 0 aliphatic heterocycles. The molecule has 3 amide bonds. The first-order chi connectivity index (χ1) is 21.1. The number of rotatable bonds is 9. The molecule has 45 heavy (non-hydrogen) atoms. The third-order valence-corrected chi connectivity index (χ3v) is 8.67. The van der Waals surface area contributed by atoms with Crippen molar-refractivity contribution in [1.29, 1.82) is 0 Å². The van der Waals surface area contributed by atoms with Gasteiger partial charge in [-0.2, -0.15) is 0 Å². The van der Waals surface area contributed by atoms with Gasteiger partial charge < -0.3 is 15.4 Å². The fraction of sp³-hybridized carbons (Fsp3) is 0.233. The van der Waals surface area contributed by atoms with Gasteiger partial charge in [0, 0.05) is 52.4 Å². The molecule has 0 fully saturated rings. The second kappa shape index (κ2) is 13.4. The third-order valence-electron chi connectivity index (χ3n) is 5.80. The summed E-state index contributed by atoms with van der Waals surface area (Å²) < 4.78 is 35.0. The number of urea groups is 1. The monoisotopic (exact) mass is 652 g/mol. The second-order valence-corrected chi connectivity index (χ2v) is 13.9. The van der Waals surface area contributed by atoms with E-state index in [1.54, 1.807) is 57.3 Å². The first-order valence-corrected chi connectivity index (χ1v) is 15.9. The maximum absolute atomic E-state index is 13.6. The first-order valence-electron chi connectivity index (χ1n) is 13.6. The van der Waals surface area contributed by atoms with Crippen LogP contribution in [0.25, 0.3) is 21.0 Å². The standard InChI is InChI=1S/C30H32N6O7S2/c1-18(2)32-28(37)33-20-8-6-19(7-9-20)27-31-17-25(44-27)24-15-10-21(16-26(24)45(41,42)35-30(3,4)5)34-29(38)43-23-13-11-22(12-14-23)36(39)40/h6-18,35H,1-5H3,(H,34,38)(H2,32,33,37). The Morgan fingerprint density at radius 1 is 0.956 bits per heavy atom. The number of sulfonamides is 1. The number of anilines is 2. The molecule has 0 saturated heterocycles. The van der Waals surface area contributed by atoms with Crippen molar-refractivity contribution in [3.8, 4) is 26.8 Å². The number of nitro benzene ring substituents is 1. The number of thiazole rings is 1. The summed E-state index contributed by atoms with van der Waals surface area (Å²) in [5.41, 5.74) is 0.930. The summed E-state index contributed by atoms with van der Waals surface area (Å²) in [7, 11) is -4.08. The Bertz CT molecular complexity index is 1810. The molecule has 0 radical (unpaired) electrons. The number of nitrogens with one attached hydrogen (secondary N) is 4. The van der Waals surface area contributed by atoms with E-state index in [0.717, 1.165) is 5.56 Å². The van der Waals surface area contributed by atoms with Crippen LogP contribution in [-0.4, -0.2) is 42.0 Å². The lowest BCUT2D eigenvalue weighted by atomic mass is 10.1. The van der Waals surface area contributed by atoms with Crippen molar-refractivity contribution in [1.82, 2.24) is 15.0 Å². The van der Waals surface area contributed by atoms with Crippen LogP contribution < -0.4 is 25.4 Å². The minimum Gasteiger partial charge on any atom is -0.410 e. The summed E-state index contributed by atoms with van der Waals surface area (Å²) in [5, 5.41) is 19.5. The maximum atomic E-state index is 13.6. The minimum absolute atomic E-state index is 0.00796. The molecule has 0 spiro atoms. The Morgan fingerprint density at radius 3 is 2.20 bits per heavy atom. The smallest absolute Gasteiger partial charge is 0.410 e. The number of benzene rings is 3. The number of hydrogen-bond donors (Lipinski definition) is 4. The molecular weight excluding hydrogens is 620 g/mol. The average molecular weight is 653 g/mol. The summed E-state index contributed by atoms with van der Waals surface area (Å²) in [6.07, 6.45) is 0.660. The highest BCUT2D eigenvalue weighted by atomic mass is 32.2. The number of amides is 3. The van der Waals surface area contributed by atoms with Crippen LogP contribution in [0.3, 0.4) is 0 Å². The number of carbonyl (C=O) groups excluding carboxylic acids is 2. The number of ether oxygens (including phenoxy) is 1. The van der Waals surface area contributed by atoms with Crippen LogP contribution in [0.2, 0.25) is 0 Å². The highest BCUT2D eigenvalue weighted by Crippen LogP contribution is 2.37. The fourth-order valence-electron chi connectivity index (χ4n) is 4.03. The molecule has 4 N–H and O–H groups in total. The average Bonchev–Trinajstić information content (AvgIpc) is 3.42. The molecule has 15 heteroatoms. The van der Waals surface area contributed by atoms with E-state index in [1.165, 1.54) is 47.7 Å². The molecule has 0 bridgehead atoms. The molecule has 236 valence electrons. The van der Waals surface area contributed by atoms with E-state index in [0.29, 0.717) is 21.1 Å². The molecule has 0 aliphatic rings. The normalized spacial score (nSPS) is 11.6. The topological polar surface area (TPSA) is 182 Å². The zero-order valence-electron chi connectivity index (χ0n) is 25.1. The molecule has 13 nitrogen and oxygen atoms in total. The van der Waals surface area contributed by atoms with E-state index in [1.807, 2.05) is 13.8 Å². The maximum Gasteiger partial charge on any atom is 0.417 e. The van der Waals surface area contributed by atoms with Gasteiger partial charge >= 0.3 is 12.1 Å². The molecular formula is C30H32N6O7S2. The van der Waals surface area contributed by atoms with E-state index >= 15 is 0 Å². The van der Waals surface area contributed by atoms with Gasteiger partial charge in [0.15, 0.2) is 0 Å². The van der Waals surface area contributed by atoms with Crippen LogP contribution in [-0.2, 0) is 10.0 Å². The Hall–Kier alpha value is -4.86. The molecule has 3 aromatic carbocycles. The SMILES string of the molecule is CC(C)NC(=O)Nc1ccc(-c2ncc(-c3ccc(NC(=O)Oc4ccc([N+](=O)[O-])cc4)cc3S(=O)(=O)NC(C)(C)C)s2)cc1. The second-order valence-electron chi connectivity index (χ2n) is 11.2. The number of hydrogen-bond acceptors (Lipinski definition) is 9. The third kappa shape index (κ3) is 9.07. The highest BCUT2D eigenvalue weighted by molar-refractivity contribution is 7.89. The minimum atomic E-state index is -4.08. The zero-order chi connectivity index (χ0) is 32.9. The lowest BCUT2D eigenvalue weighted by Crippen LogP contribution is -2.40. The van der Waals surface area contributed by atoms with Gasteiger partial charge in [-0.15, -0.1) is 11.3 Å². The van der Waals surface area contributed by atoms with E-state index < -0.39 is 26.6 Å². The molecule has 0 atom stereocenters. The van der Waals surface area contributed by atoms with E-state index in [2.05, 4.69) is 25.7 Å². The molecule has 0 unspecified atom stereocenters. The predicted octanol–water partition coefficient (Wildman–Crippen LogP) is 6.60. The summed E-state index contributed by atoms with van der Waals surface area (Å²) >= 11 is 1.28. The van der Waals surface area contributed by atoms with Crippen LogP contribution in [0.5, 0.6) is 5.75 Å². The lowest BCUT2D eigenvalue weighted by molar-refractivity contribution is -0.384. The van der Waals surface area contributed by atoms with Crippen molar-refractivity contribution in [2.75, 3.05) is 10.6 Å². The highest BCUT2D eigenvalue weighted by Gasteiger charge is 2.27. The van der Waals surface area contributed by atoms with Gasteiger partial charge in [-0.25, -0.2) is 27.7 Å². The van der Waals surface area contributed by atoms with Gasteiger partial charge in [-0.1, -0.05) is 6.07 Å². The van der Waals surface area contributed by atoms with Gasteiger partial charge in [0.25, 0.3) is 5.69 Å². The van der Waals surface area contributed by atoms with E-state index in [4.69, 9.17) is 4.74 Å². The van der Waals surface area contributed by atoms with Crippen LogP contribution in [0.4, 0.5) is 26.7 Å². The largest absolute Gasteiger partial charge is 0.417 e. The summed E-state index contributed by atoms with van der Waals surface area (Å²) in [6, 6.07) is 16.1. The van der Waals surface area contributed by atoms with E-state index in [-0.39, 0.29) is 34.1 Å². The molecule has 0 saturated carbocycles. The fourth-order valence-corrected chi connectivity index (χ4v) is 6.72. The van der Waals surface area contributed by atoms with Gasteiger partial charge in [0.05, 0.1) is 14.7 Å². The van der Waals surface area contributed by atoms with Crippen molar-refractivity contribution < 1.29 is 27.7 Å². The van der Waals surface area contributed by atoms with Crippen molar-refractivity contribution in [2.24, 2.45) is 0 Å². The molecule has 4 aromatic rings. The van der Waals surface area contributed by atoms with Gasteiger partial charge in [0.1, 0.15) is 10.8 Å². The van der Waals surface area contributed by atoms with Crippen LogP contribution in [0.15, 0.2) is 77.8 Å². The summed E-state index contributed by atoms with van der Waals surface area (Å²) in [4.78, 5) is 39.8. The number of nitro groups is 1. The number of non-ortho nitro benzene ring substituents is 1. The van der Waals surface area contributed by atoms with Crippen molar-refractivity contribution in [2.45, 2.75) is 51.1 Å². The number of carbonyl (C=O) groups is 2. The number of aromatic nitrogens is 1. The van der Waals surface area contributed by atoms with E-state index in [9.17, 15) is 28.1 Å². The molecule has 4 rings (SSSR count). The van der Waals surface area contributed by atoms with Crippen molar-refractivity contribution in [3.63, 3.8) is 0 Å². The van der Waals surface area contributed by atoms with Gasteiger partial charge in [0.2, 0.25) is 10.0 Å². The van der Waals surface area contributed by atoms with Crippen molar-refractivity contribution in [3.05, 3.63) is 83.0 Å². The molecule has 1 aromatic heterocycles. The number of nitrogens with zero attached hydrogens (tertiary/aromatic N) is 2. The molecule has 0 aliphatic carbocycles. The van der Waals surface area contributed by atoms with Crippen LogP contribution in [0.1, 0.15) is 34.6 Å².